The van der Waals surface area contributed by atoms with Crippen molar-refractivity contribution in [3.63, 3.8) is 0 Å². The Kier molecular flexibility index (Phi) is 4.91. The van der Waals surface area contributed by atoms with Crippen molar-refractivity contribution < 1.29 is 9.47 Å². The van der Waals surface area contributed by atoms with E-state index in [0.29, 0.717) is 6.61 Å². The third-order valence-electron chi connectivity index (χ3n) is 3.56. The summed E-state index contributed by atoms with van der Waals surface area (Å²) in [5, 5.41) is 3.32. The molecule has 0 bridgehead atoms. The van der Waals surface area contributed by atoms with E-state index in [4.69, 9.17) is 9.47 Å². The summed E-state index contributed by atoms with van der Waals surface area (Å²) in [7, 11) is 0. The molecule has 2 heterocycles. The molecule has 1 atom stereocenters. The Balaban J connectivity index is 1.64. The number of aryl methyl sites for hydroxylation is 1. The Morgan fingerprint density at radius 2 is 2.19 bits per heavy atom. The van der Waals surface area contributed by atoms with E-state index < -0.39 is 0 Å². The van der Waals surface area contributed by atoms with Crippen LogP contribution in [0.2, 0.25) is 0 Å². The average molecular weight is 303 g/mol. The summed E-state index contributed by atoms with van der Waals surface area (Å²) in [6, 6.07) is 12.7. The molecule has 21 heavy (non-hydrogen) atoms. The number of rotatable bonds is 5. The molecular formula is C17H21NO2S. The molecule has 0 saturated carbocycles. The molecule has 3 nitrogen and oxygen atoms in total. The van der Waals surface area contributed by atoms with Gasteiger partial charge >= 0.3 is 0 Å². The predicted molar refractivity (Wildman–Crippen MR) is 86.4 cm³/mol. The normalized spacial score (nSPS) is 18.6. The van der Waals surface area contributed by atoms with Crippen LogP contribution in [0.4, 0.5) is 0 Å². The first-order valence-corrected chi connectivity index (χ1v) is 8.21. The summed E-state index contributed by atoms with van der Waals surface area (Å²) in [6.45, 7) is 5.32. The molecule has 1 aliphatic rings. The van der Waals surface area contributed by atoms with Gasteiger partial charge in [-0.05, 0) is 30.7 Å². The Hall–Kier alpha value is -1.36. The number of ether oxygens (including phenoxy) is 2. The van der Waals surface area contributed by atoms with Crippen LogP contribution in [-0.4, -0.2) is 32.4 Å². The zero-order valence-corrected chi connectivity index (χ0v) is 13.1. The SMILES string of the molecule is Cc1ccc(Cc2ccccc2OCC2CNCCO2)s1. The van der Waals surface area contributed by atoms with Gasteiger partial charge in [0, 0.05) is 29.3 Å². The van der Waals surface area contributed by atoms with Crippen LogP contribution in [0.15, 0.2) is 36.4 Å². The van der Waals surface area contributed by atoms with E-state index in [9.17, 15) is 0 Å². The van der Waals surface area contributed by atoms with Gasteiger partial charge in [-0.1, -0.05) is 18.2 Å². The molecule has 112 valence electrons. The predicted octanol–water partition coefficient (Wildman–Crippen LogP) is 3.01. The summed E-state index contributed by atoms with van der Waals surface area (Å²) in [4.78, 5) is 2.73. The Morgan fingerprint density at radius 1 is 1.29 bits per heavy atom. The summed E-state index contributed by atoms with van der Waals surface area (Å²) in [5.41, 5.74) is 1.24. The van der Waals surface area contributed by atoms with Crippen LogP contribution in [0.5, 0.6) is 5.75 Å². The van der Waals surface area contributed by atoms with Gasteiger partial charge < -0.3 is 14.8 Å². The van der Waals surface area contributed by atoms with Gasteiger partial charge in [0.2, 0.25) is 0 Å². The van der Waals surface area contributed by atoms with Crippen molar-refractivity contribution in [2.24, 2.45) is 0 Å². The Labute approximate surface area is 129 Å². The summed E-state index contributed by atoms with van der Waals surface area (Å²) in [6.07, 6.45) is 1.08. The molecule has 1 aliphatic heterocycles. The number of hydrogen-bond acceptors (Lipinski definition) is 4. The molecule has 3 rings (SSSR count). The molecule has 0 aliphatic carbocycles. The first-order chi connectivity index (χ1) is 10.3. The first-order valence-electron chi connectivity index (χ1n) is 7.39. The van der Waals surface area contributed by atoms with Crippen LogP contribution >= 0.6 is 11.3 Å². The van der Waals surface area contributed by atoms with E-state index in [-0.39, 0.29) is 6.10 Å². The fraction of sp³-hybridized carbons (Fsp3) is 0.412. The van der Waals surface area contributed by atoms with Crippen molar-refractivity contribution in [1.29, 1.82) is 0 Å². The third-order valence-corrected chi connectivity index (χ3v) is 4.56. The second kappa shape index (κ2) is 7.07. The van der Waals surface area contributed by atoms with Crippen molar-refractivity contribution in [2.45, 2.75) is 19.4 Å². The molecule has 1 saturated heterocycles. The lowest BCUT2D eigenvalue weighted by atomic mass is 10.1. The minimum atomic E-state index is 0.149. The highest BCUT2D eigenvalue weighted by Crippen LogP contribution is 2.25. The van der Waals surface area contributed by atoms with E-state index in [2.05, 4.69) is 36.5 Å². The molecule has 2 aromatic rings. The zero-order chi connectivity index (χ0) is 14.5. The van der Waals surface area contributed by atoms with Crippen molar-refractivity contribution in [2.75, 3.05) is 26.3 Å². The number of para-hydroxylation sites is 1. The van der Waals surface area contributed by atoms with Gasteiger partial charge in [-0.3, -0.25) is 0 Å². The molecule has 0 spiro atoms. The van der Waals surface area contributed by atoms with E-state index in [1.807, 2.05) is 23.5 Å². The van der Waals surface area contributed by atoms with Gasteiger partial charge in [-0.25, -0.2) is 0 Å². The summed E-state index contributed by atoms with van der Waals surface area (Å²) in [5.74, 6) is 0.970. The van der Waals surface area contributed by atoms with Crippen LogP contribution in [-0.2, 0) is 11.2 Å². The molecular weight excluding hydrogens is 282 g/mol. The lowest BCUT2D eigenvalue weighted by molar-refractivity contribution is 0.0000351. The standard InChI is InChI=1S/C17H21NO2S/c1-13-6-7-16(21-13)10-14-4-2-3-5-17(14)20-12-15-11-18-8-9-19-15/h2-7,15,18H,8-12H2,1H3. The van der Waals surface area contributed by atoms with Crippen LogP contribution in [0.3, 0.4) is 0 Å². The largest absolute Gasteiger partial charge is 0.491 e. The van der Waals surface area contributed by atoms with Crippen molar-refractivity contribution in [1.82, 2.24) is 5.32 Å². The van der Waals surface area contributed by atoms with Crippen LogP contribution in [0.25, 0.3) is 0 Å². The Bertz CT molecular complexity index is 576. The minimum Gasteiger partial charge on any atom is -0.491 e. The molecule has 0 radical (unpaired) electrons. The second-order valence-electron chi connectivity index (χ2n) is 5.30. The number of thiophene rings is 1. The number of benzene rings is 1. The molecule has 1 aromatic carbocycles. The minimum absolute atomic E-state index is 0.149. The van der Waals surface area contributed by atoms with Gasteiger partial charge in [-0.15, -0.1) is 11.3 Å². The maximum absolute atomic E-state index is 6.00. The van der Waals surface area contributed by atoms with Crippen molar-refractivity contribution in [3.8, 4) is 5.75 Å². The Morgan fingerprint density at radius 3 is 2.95 bits per heavy atom. The van der Waals surface area contributed by atoms with Crippen molar-refractivity contribution >= 4 is 11.3 Å². The summed E-state index contributed by atoms with van der Waals surface area (Å²) >= 11 is 1.85. The van der Waals surface area contributed by atoms with Crippen LogP contribution < -0.4 is 10.1 Å². The van der Waals surface area contributed by atoms with Gasteiger partial charge in [0.1, 0.15) is 18.5 Å². The lowest BCUT2D eigenvalue weighted by Gasteiger charge is -2.24. The summed E-state index contributed by atoms with van der Waals surface area (Å²) < 4.78 is 11.7. The molecule has 1 fully saturated rings. The molecule has 1 aromatic heterocycles. The quantitative estimate of drug-likeness (QED) is 0.921. The monoisotopic (exact) mass is 303 g/mol. The van der Waals surface area contributed by atoms with E-state index >= 15 is 0 Å². The molecule has 1 N–H and O–H groups in total. The molecule has 0 amide bonds. The average Bonchev–Trinajstić information content (AvgIpc) is 2.93. The second-order valence-corrected chi connectivity index (χ2v) is 6.68. The highest BCUT2D eigenvalue weighted by atomic mass is 32.1. The van der Waals surface area contributed by atoms with Gasteiger partial charge in [0.15, 0.2) is 0 Å². The topological polar surface area (TPSA) is 30.5 Å². The fourth-order valence-corrected chi connectivity index (χ4v) is 3.38. The first kappa shape index (κ1) is 14.6. The maximum Gasteiger partial charge on any atom is 0.122 e. The van der Waals surface area contributed by atoms with E-state index in [0.717, 1.165) is 31.9 Å². The lowest BCUT2D eigenvalue weighted by Crippen LogP contribution is -2.41. The number of morpholine rings is 1. The number of nitrogens with one attached hydrogen (secondary N) is 1. The van der Waals surface area contributed by atoms with Gasteiger partial charge in [-0.2, -0.15) is 0 Å². The fourth-order valence-electron chi connectivity index (χ4n) is 2.47. The van der Waals surface area contributed by atoms with Crippen LogP contribution in [0, 0.1) is 6.92 Å². The number of hydrogen-bond donors (Lipinski definition) is 1. The third kappa shape index (κ3) is 4.06. The molecule has 1 unspecified atom stereocenters. The van der Waals surface area contributed by atoms with E-state index in [1.54, 1.807) is 0 Å². The maximum atomic E-state index is 6.00. The van der Waals surface area contributed by atoms with Gasteiger partial charge in [0.05, 0.1) is 6.61 Å². The highest BCUT2D eigenvalue weighted by molar-refractivity contribution is 7.11. The smallest absolute Gasteiger partial charge is 0.122 e. The van der Waals surface area contributed by atoms with Crippen molar-refractivity contribution in [3.05, 3.63) is 51.7 Å². The zero-order valence-electron chi connectivity index (χ0n) is 12.3. The van der Waals surface area contributed by atoms with Gasteiger partial charge in [0.25, 0.3) is 0 Å². The molecule has 4 heteroatoms. The van der Waals surface area contributed by atoms with Crippen LogP contribution in [0.1, 0.15) is 15.3 Å². The highest BCUT2D eigenvalue weighted by Gasteiger charge is 2.15. The van der Waals surface area contributed by atoms with E-state index in [1.165, 1.54) is 15.3 Å².